The van der Waals surface area contributed by atoms with Gasteiger partial charge >= 0.3 is 0 Å². The molecule has 7 heteroatoms. The summed E-state index contributed by atoms with van der Waals surface area (Å²) < 4.78 is 0. The molecular formula is C14H12N4O2S. The Labute approximate surface area is 124 Å². The molecule has 0 radical (unpaired) electrons. The molecule has 0 fully saturated rings. The average molecular weight is 300 g/mol. The third-order valence-electron chi connectivity index (χ3n) is 3.09. The van der Waals surface area contributed by atoms with Gasteiger partial charge in [0, 0.05) is 40.6 Å². The molecule has 6 nitrogen and oxygen atoms in total. The van der Waals surface area contributed by atoms with E-state index in [2.05, 4.69) is 15.3 Å². The highest BCUT2D eigenvalue weighted by Crippen LogP contribution is 2.31. The van der Waals surface area contributed by atoms with Crippen molar-refractivity contribution in [3.8, 4) is 0 Å². The minimum atomic E-state index is -0.379. The summed E-state index contributed by atoms with van der Waals surface area (Å²) in [5.74, 6) is 0. The van der Waals surface area contributed by atoms with Gasteiger partial charge in [-0.3, -0.25) is 15.1 Å². The number of anilines is 1. The topological polar surface area (TPSA) is 81.0 Å². The number of nitro groups is 1. The lowest BCUT2D eigenvalue weighted by Crippen LogP contribution is -2.01. The quantitative estimate of drug-likeness (QED) is 0.589. The second-order valence-corrected chi connectivity index (χ2v) is 5.49. The van der Waals surface area contributed by atoms with E-state index < -0.39 is 0 Å². The van der Waals surface area contributed by atoms with E-state index in [9.17, 15) is 10.1 Å². The molecule has 0 bridgehead atoms. The van der Waals surface area contributed by atoms with Crippen LogP contribution < -0.4 is 5.32 Å². The van der Waals surface area contributed by atoms with Crippen molar-refractivity contribution >= 4 is 33.5 Å². The molecule has 0 unspecified atom stereocenters. The van der Waals surface area contributed by atoms with Crippen molar-refractivity contribution < 1.29 is 4.92 Å². The van der Waals surface area contributed by atoms with E-state index >= 15 is 0 Å². The number of nitrogens with one attached hydrogen (secondary N) is 1. The average Bonchev–Trinajstić information content (AvgIpc) is 2.90. The number of non-ortho nitro benzene ring substituents is 1. The van der Waals surface area contributed by atoms with Crippen LogP contribution in [0.2, 0.25) is 0 Å². The Morgan fingerprint density at radius 1 is 1.33 bits per heavy atom. The van der Waals surface area contributed by atoms with Crippen LogP contribution in [-0.4, -0.2) is 14.9 Å². The minimum Gasteiger partial charge on any atom is -0.378 e. The number of aromatic nitrogens is 2. The van der Waals surface area contributed by atoms with Crippen molar-refractivity contribution in [2.75, 3.05) is 5.32 Å². The summed E-state index contributed by atoms with van der Waals surface area (Å²) in [7, 11) is 0. The molecule has 3 aromatic rings. The van der Waals surface area contributed by atoms with E-state index in [4.69, 9.17) is 0 Å². The van der Waals surface area contributed by atoms with Gasteiger partial charge in [-0.1, -0.05) is 0 Å². The molecule has 0 aliphatic carbocycles. The number of hydrogen-bond donors (Lipinski definition) is 1. The van der Waals surface area contributed by atoms with Gasteiger partial charge < -0.3 is 5.32 Å². The summed E-state index contributed by atoms with van der Waals surface area (Å²) >= 11 is 1.58. The maximum absolute atomic E-state index is 11.1. The minimum absolute atomic E-state index is 0.0862. The van der Waals surface area contributed by atoms with Crippen molar-refractivity contribution in [2.45, 2.75) is 13.5 Å². The fourth-order valence-corrected chi connectivity index (χ4v) is 2.85. The first kappa shape index (κ1) is 13.4. The highest BCUT2D eigenvalue weighted by molar-refractivity contribution is 7.09. The van der Waals surface area contributed by atoms with Gasteiger partial charge in [-0.05, 0) is 19.1 Å². The molecule has 3 rings (SSSR count). The van der Waals surface area contributed by atoms with Gasteiger partial charge in [0.15, 0.2) is 0 Å². The molecule has 0 amide bonds. The molecule has 1 N–H and O–H groups in total. The first-order valence-electron chi connectivity index (χ1n) is 6.31. The van der Waals surface area contributed by atoms with Crippen LogP contribution in [0.1, 0.15) is 10.7 Å². The molecule has 106 valence electrons. The third-order valence-corrected chi connectivity index (χ3v) is 4.06. The maximum Gasteiger partial charge on any atom is 0.277 e. The van der Waals surface area contributed by atoms with E-state index in [1.165, 1.54) is 6.07 Å². The summed E-state index contributed by atoms with van der Waals surface area (Å²) in [6.45, 7) is 2.53. The zero-order valence-electron chi connectivity index (χ0n) is 11.2. The highest BCUT2D eigenvalue weighted by atomic mass is 32.1. The number of nitrogens with zero attached hydrogens (tertiary/aromatic N) is 3. The lowest BCUT2D eigenvalue weighted by atomic mass is 10.1. The number of fused-ring (bicyclic) bond motifs is 1. The van der Waals surface area contributed by atoms with Crippen LogP contribution in [0.3, 0.4) is 0 Å². The SMILES string of the molecule is Cc1csc(CNc2ccc([N+](=O)[O-])c3ccncc23)n1. The third kappa shape index (κ3) is 2.68. The second kappa shape index (κ2) is 5.45. The molecule has 0 saturated heterocycles. The molecule has 0 aliphatic rings. The molecule has 0 saturated carbocycles. The zero-order chi connectivity index (χ0) is 14.8. The summed E-state index contributed by atoms with van der Waals surface area (Å²) in [6.07, 6.45) is 3.20. The Morgan fingerprint density at radius 2 is 2.19 bits per heavy atom. The number of thiazole rings is 1. The monoisotopic (exact) mass is 300 g/mol. The van der Waals surface area contributed by atoms with E-state index in [1.54, 1.807) is 35.9 Å². The van der Waals surface area contributed by atoms with Crippen LogP contribution in [0.15, 0.2) is 36.0 Å². The normalized spacial score (nSPS) is 10.7. The largest absolute Gasteiger partial charge is 0.378 e. The Morgan fingerprint density at radius 3 is 2.90 bits per heavy atom. The van der Waals surface area contributed by atoms with Crippen LogP contribution in [0.5, 0.6) is 0 Å². The van der Waals surface area contributed by atoms with Crippen molar-refractivity contribution in [1.29, 1.82) is 0 Å². The predicted octanol–water partition coefficient (Wildman–Crippen LogP) is 3.52. The molecular weight excluding hydrogens is 288 g/mol. The van der Waals surface area contributed by atoms with Crippen LogP contribution in [0.25, 0.3) is 10.8 Å². The van der Waals surface area contributed by atoms with Crippen LogP contribution in [0.4, 0.5) is 11.4 Å². The Balaban J connectivity index is 1.96. The summed E-state index contributed by atoms with van der Waals surface area (Å²) in [6, 6.07) is 4.88. The Kier molecular flexibility index (Phi) is 3.49. The van der Waals surface area contributed by atoms with Gasteiger partial charge in [0.05, 0.1) is 16.9 Å². The fourth-order valence-electron chi connectivity index (χ4n) is 2.14. The van der Waals surface area contributed by atoms with Crippen LogP contribution in [0, 0.1) is 17.0 Å². The number of pyridine rings is 1. The number of benzene rings is 1. The fraction of sp³-hybridized carbons (Fsp3) is 0.143. The van der Waals surface area contributed by atoms with Crippen molar-refractivity contribution in [3.63, 3.8) is 0 Å². The van der Waals surface area contributed by atoms with Gasteiger partial charge in [0.1, 0.15) is 5.01 Å². The number of hydrogen-bond acceptors (Lipinski definition) is 6. The predicted molar refractivity (Wildman–Crippen MR) is 82.6 cm³/mol. The lowest BCUT2D eigenvalue weighted by molar-refractivity contribution is -0.383. The molecule has 21 heavy (non-hydrogen) atoms. The second-order valence-electron chi connectivity index (χ2n) is 4.55. The lowest BCUT2D eigenvalue weighted by Gasteiger charge is -2.08. The van der Waals surface area contributed by atoms with Gasteiger partial charge in [-0.2, -0.15) is 0 Å². The van der Waals surface area contributed by atoms with Gasteiger partial charge in [-0.15, -0.1) is 11.3 Å². The van der Waals surface area contributed by atoms with Gasteiger partial charge in [0.25, 0.3) is 5.69 Å². The summed E-state index contributed by atoms with van der Waals surface area (Å²) in [4.78, 5) is 19.1. The molecule has 2 aromatic heterocycles. The standard InChI is InChI=1S/C14H12N4O2S/c1-9-8-21-14(17-9)7-16-12-2-3-13(18(19)20)10-4-5-15-6-11(10)12/h2-6,8,16H,7H2,1H3. The molecule has 0 spiro atoms. The molecule has 2 heterocycles. The van der Waals surface area contributed by atoms with Crippen LogP contribution in [-0.2, 0) is 6.54 Å². The number of aryl methyl sites for hydroxylation is 1. The van der Waals surface area contributed by atoms with E-state index in [-0.39, 0.29) is 10.6 Å². The molecule has 0 aliphatic heterocycles. The van der Waals surface area contributed by atoms with Gasteiger partial charge in [0.2, 0.25) is 0 Å². The van der Waals surface area contributed by atoms with Gasteiger partial charge in [-0.25, -0.2) is 4.98 Å². The summed E-state index contributed by atoms with van der Waals surface area (Å²) in [5, 5.41) is 18.6. The number of nitro benzene ring substituents is 1. The summed E-state index contributed by atoms with van der Waals surface area (Å²) in [5.41, 5.74) is 1.90. The van der Waals surface area contributed by atoms with E-state index in [0.717, 1.165) is 21.8 Å². The first-order chi connectivity index (χ1) is 10.1. The van der Waals surface area contributed by atoms with Crippen LogP contribution >= 0.6 is 11.3 Å². The maximum atomic E-state index is 11.1. The Bertz CT molecular complexity index is 816. The molecule has 1 aromatic carbocycles. The first-order valence-corrected chi connectivity index (χ1v) is 7.19. The van der Waals surface area contributed by atoms with Crippen molar-refractivity contribution in [3.05, 3.63) is 56.8 Å². The zero-order valence-corrected chi connectivity index (χ0v) is 12.1. The number of rotatable bonds is 4. The smallest absolute Gasteiger partial charge is 0.277 e. The van der Waals surface area contributed by atoms with E-state index in [1.807, 2.05) is 12.3 Å². The van der Waals surface area contributed by atoms with E-state index in [0.29, 0.717) is 11.9 Å². The Hall–Kier alpha value is -2.54. The van der Waals surface area contributed by atoms with Crippen molar-refractivity contribution in [1.82, 2.24) is 9.97 Å². The van der Waals surface area contributed by atoms with Crippen molar-refractivity contribution in [2.24, 2.45) is 0 Å². The highest BCUT2D eigenvalue weighted by Gasteiger charge is 2.14. The molecule has 0 atom stereocenters.